The highest BCUT2D eigenvalue weighted by atomic mass is 35.5. The second kappa shape index (κ2) is 9.51. The molecule has 0 saturated carbocycles. The van der Waals surface area contributed by atoms with Crippen LogP contribution in [0.15, 0.2) is 53.4 Å². The van der Waals surface area contributed by atoms with Crippen LogP contribution in [0.5, 0.6) is 5.75 Å². The number of rotatable bonds is 9. The first kappa shape index (κ1) is 20.2. The molecule has 26 heavy (non-hydrogen) atoms. The average molecular weight is 402 g/mol. The van der Waals surface area contributed by atoms with Gasteiger partial charge in [-0.1, -0.05) is 23.7 Å². The van der Waals surface area contributed by atoms with Crippen LogP contribution in [-0.2, 0) is 19.6 Å². The van der Waals surface area contributed by atoms with Crippen molar-refractivity contribution < 1.29 is 27.1 Å². The van der Waals surface area contributed by atoms with Crippen LogP contribution in [0, 0.1) is 5.82 Å². The first-order chi connectivity index (χ1) is 12.4. The fraction of sp³-hybridized carbons (Fsp3) is 0.235. The highest BCUT2D eigenvalue weighted by molar-refractivity contribution is 7.89. The number of nitrogens with one attached hydrogen (secondary N) is 1. The summed E-state index contributed by atoms with van der Waals surface area (Å²) in [5.74, 6) is -1.03. The summed E-state index contributed by atoms with van der Waals surface area (Å²) in [6.07, 6.45) is -0.146. The number of halogens is 2. The van der Waals surface area contributed by atoms with Gasteiger partial charge in [-0.05, 0) is 36.4 Å². The molecule has 1 N–H and O–H groups in total. The monoisotopic (exact) mass is 401 g/mol. The highest BCUT2D eigenvalue weighted by Gasteiger charge is 2.14. The van der Waals surface area contributed by atoms with E-state index in [1.807, 2.05) is 0 Å². The van der Waals surface area contributed by atoms with Crippen molar-refractivity contribution in [2.45, 2.75) is 11.3 Å². The number of carbonyl (C=O) groups excluding carboxylic acids is 1. The molecule has 0 bridgehead atoms. The molecule has 0 heterocycles. The van der Waals surface area contributed by atoms with Gasteiger partial charge in [-0.3, -0.25) is 4.79 Å². The molecule has 6 nitrogen and oxygen atoms in total. The Kier molecular flexibility index (Phi) is 7.38. The van der Waals surface area contributed by atoms with Crippen molar-refractivity contribution in [3.63, 3.8) is 0 Å². The molecule has 0 radical (unpaired) electrons. The van der Waals surface area contributed by atoms with Crippen molar-refractivity contribution in [2.75, 3.05) is 19.8 Å². The Morgan fingerprint density at radius 2 is 1.77 bits per heavy atom. The maximum atomic E-state index is 13.3. The predicted molar refractivity (Wildman–Crippen MR) is 94.1 cm³/mol. The Morgan fingerprint density at radius 3 is 2.46 bits per heavy atom. The van der Waals surface area contributed by atoms with Crippen LogP contribution in [0.4, 0.5) is 4.39 Å². The molecule has 140 valence electrons. The minimum atomic E-state index is -3.72. The van der Waals surface area contributed by atoms with Gasteiger partial charge in [-0.2, -0.15) is 0 Å². The normalized spacial score (nSPS) is 11.2. The molecule has 9 heteroatoms. The van der Waals surface area contributed by atoms with E-state index in [0.29, 0.717) is 5.02 Å². The lowest BCUT2D eigenvalue weighted by molar-refractivity contribution is -0.144. The van der Waals surface area contributed by atoms with Crippen LogP contribution in [0.2, 0.25) is 5.02 Å². The molecule has 2 aromatic carbocycles. The lowest BCUT2D eigenvalue weighted by atomic mass is 10.3. The molecule has 0 aliphatic heterocycles. The van der Waals surface area contributed by atoms with Crippen LogP contribution in [0.25, 0.3) is 0 Å². The summed E-state index contributed by atoms with van der Waals surface area (Å²) in [6, 6.07) is 11.5. The van der Waals surface area contributed by atoms with Crippen LogP contribution < -0.4 is 9.46 Å². The molecule has 0 unspecified atom stereocenters. The number of hydrogen-bond acceptors (Lipinski definition) is 5. The van der Waals surface area contributed by atoms with Crippen molar-refractivity contribution in [1.82, 2.24) is 4.72 Å². The summed E-state index contributed by atoms with van der Waals surface area (Å²) in [7, 11) is -3.72. The number of sulfonamides is 1. The molecule has 0 fully saturated rings. The zero-order valence-corrected chi connectivity index (χ0v) is 15.2. The number of para-hydroxylation sites is 1. The summed E-state index contributed by atoms with van der Waals surface area (Å²) in [5, 5.41) is 0.421. The molecule has 0 aliphatic carbocycles. The van der Waals surface area contributed by atoms with Crippen LogP contribution >= 0.6 is 11.6 Å². The van der Waals surface area contributed by atoms with Crippen molar-refractivity contribution >= 4 is 27.6 Å². The lowest BCUT2D eigenvalue weighted by Gasteiger charge is -2.09. The summed E-state index contributed by atoms with van der Waals surface area (Å²) >= 11 is 5.71. The largest absolute Gasteiger partial charge is 0.487 e. The van der Waals surface area contributed by atoms with E-state index in [-0.39, 0.29) is 36.8 Å². The van der Waals surface area contributed by atoms with Gasteiger partial charge in [0.15, 0.2) is 11.6 Å². The van der Waals surface area contributed by atoms with E-state index in [4.69, 9.17) is 21.1 Å². The Balaban J connectivity index is 1.67. The summed E-state index contributed by atoms with van der Waals surface area (Å²) in [4.78, 5) is 11.6. The SMILES string of the molecule is O=C(CCNS(=O)(=O)c1ccc(Cl)cc1)OCCOc1ccccc1F. The quantitative estimate of drug-likeness (QED) is 0.516. The molecular weight excluding hydrogens is 385 g/mol. The highest BCUT2D eigenvalue weighted by Crippen LogP contribution is 2.15. The van der Waals surface area contributed by atoms with E-state index < -0.39 is 21.8 Å². The number of esters is 1. The Hall–Kier alpha value is -2.16. The lowest BCUT2D eigenvalue weighted by Crippen LogP contribution is -2.27. The van der Waals surface area contributed by atoms with E-state index in [1.54, 1.807) is 6.07 Å². The van der Waals surface area contributed by atoms with E-state index in [1.165, 1.54) is 42.5 Å². The number of carbonyl (C=O) groups is 1. The van der Waals surface area contributed by atoms with E-state index in [9.17, 15) is 17.6 Å². The average Bonchev–Trinajstić information content (AvgIpc) is 2.60. The molecule has 0 amide bonds. The molecular formula is C17H17ClFNO5S. The van der Waals surface area contributed by atoms with Gasteiger partial charge in [-0.15, -0.1) is 0 Å². The smallest absolute Gasteiger partial charge is 0.307 e. The second-order valence-electron chi connectivity index (χ2n) is 5.10. The topological polar surface area (TPSA) is 81.7 Å². The third-order valence-electron chi connectivity index (χ3n) is 3.19. The fourth-order valence-corrected chi connectivity index (χ4v) is 3.08. The van der Waals surface area contributed by atoms with E-state index in [2.05, 4.69) is 4.72 Å². The molecule has 0 atom stereocenters. The van der Waals surface area contributed by atoms with Crippen molar-refractivity contribution in [3.05, 3.63) is 59.4 Å². The van der Waals surface area contributed by atoms with Gasteiger partial charge in [-0.25, -0.2) is 17.5 Å². The minimum absolute atomic E-state index is 0.0107. The summed E-state index contributed by atoms with van der Waals surface area (Å²) in [5.41, 5.74) is 0. The molecule has 0 spiro atoms. The number of ether oxygens (including phenoxy) is 2. The zero-order chi connectivity index (χ0) is 19.0. The Bertz CT molecular complexity index is 842. The fourth-order valence-electron chi connectivity index (χ4n) is 1.93. The van der Waals surface area contributed by atoms with Gasteiger partial charge < -0.3 is 9.47 Å². The van der Waals surface area contributed by atoms with Gasteiger partial charge in [0, 0.05) is 11.6 Å². The standard InChI is InChI=1S/C17H17ClFNO5S/c18-13-5-7-14(8-6-13)26(22,23)20-10-9-17(21)25-12-11-24-16-4-2-1-3-15(16)19/h1-8,20H,9-12H2. The molecule has 2 aromatic rings. The number of hydrogen-bond donors (Lipinski definition) is 1. The van der Waals surface area contributed by atoms with Crippen molar-refractivity contribution in [3.8, 4) is 5.75 Å². The minimum Gasteiger partial charge on any atom is -0.487 e. The zero-order valence-electron chi connectivity index (χ0n) is 13.7. The van der Waals surface area contributed by atoms with Crippen LogP contribution in [0.1, 0.15) is 6.42 Å². The second-order valence-corrected chi connectivity index (χ2v) is 7.30. The maximum Gasteiger partial charge on any atom is 0.307 e. The van der Waals surface area contributed by atoms with Crippen LogP contribution in [-0.4, -0.2) is 34.1 Å². The maximum absolute atomic E-state index is 13.3. The third-order valence-corrected chi connectivity index (χ3v) is 4.91. The molecule has 0 aliphatic rings. The van der Waals surface area contributed by atoms with Gasteiger partial charge in [0.05, 0.1) is 11.3 Å². The molecule has 2 rings (SSSR count). The first-order valence-corrected chi connectivity index (χ1v) is 9.53. The van der Waals surface area contributed by atoms with Crippen LogP contribution in [0.3, 0.4) is 0 Å². The van der Waals surface area contributed by atoms with Crippen molar-refractivity contribution in [1.29, 1.82) is 0 Å². The van der Waals surface area contributed by atoms with Gasteiger partial charge in [0.1, 0.15) is 13.2 Å². The Morgan fingerprint density at radius 1 is 1.08 bits per heavy atom. The van der Waals surface area contributed by atoms with Crippen molar-refractivity contribution in [2.24, 2.45) is 0 Å². The van der Waals surface area contributed by atoms with Gasteiger partial charge in [0.2, 0.25) is 10.0 Å². The predicted octanol–water partition coefficient (Wildman–Crippen LogP) is 2.77. The molecule has 0 aromatic heterocycles. The molecule has 0 saturated heterocycles. The summed E-state index contributed by atoms with van der Waals surface area (Å²) in [6.45, 7) is -0.196. The van der Waals surface area contributed by atoms with Gasteiger partial charge in [0.25, 0.3) is 0 Å². The van der Waals surface area contributed by atoms with E-state index in [0.717, 1.165) is 0 Å². The number of benzene rings is 2. The Labute approximate surface area is 155 Å². The first-order valence-electron chi connectivity index (χ1n) is 7.67. The third kappa shape index (κ3) is 6.29. The van der Waals surface area contributed by atoms with Gasteiger partial charge >= 0.3 is 5.97 Å². The van der Waals surface area contributed by atoms with E-state index >= 15 is 0 Å². The summed E-state index contributed by atoms with van der Waals surface area (Å²) < 4.78 is 49.7.